The Kier molecular flexibility index (Phi) is 7.32. The van der Waals surface area contributed by atoms with Crippen molar-refractivity contribution in [3.63, 3.8) is 0 Å². The van der Waals surface area contributed by atoms with E-state index in [2.05, 4.69) is 238 Å². The van der Waals surface area contributed by atoms with E-state index in [4.69, 9.17) is 4.42 Å². The molecule has 0 radical (unpaired) electrons. The van der Waals surface area contributed by atoms with Crippen LogP contribution in [0.5, 0.6) is 0 Å². The zero-order valence-electron chi connectivity index (χ0n) is 38.9. The van der Waals surface area contributed by atoms with E-state index in [1.165, 1.54) is 106 Å². The summed E-state index contributed by atoms with van der Waals surface area (Å²) in [6, 6.07) is 73.4. The third-order valence-electron chi connectivity index (χ3n) is 16.4. The van der Waals surface area contributed by atoms with E-state index in [9.17, 15) is 0 Å². The molecule has 0 unspecified atom stereocenters. The highest BCUT2D eigenvalue weighted by Gasteiger charge is 2.58. The van der Waals surface area contributed by atoms with Gasteiger partial charge in [0.25, 0.3) is 0 Å². The molecule has 68 heavy (non-hydrogen) atoms. The van der Waals surface area contributed by atoms with Gasteiger partial charge in [-0.25, -0.2) is 0 Å². The van der Waals surface area contributed by atoms with E-state index in [1.807, 2.05) is 0 Å². The van der Waals surface area contributed by atoms with Gasteiger partial charge in [0.1, 0.15) is 11.2 Å². The van der Waals surface area contributed by atoms with E-state index in [0.717, 1.165) is 28.0 Å². The predicted molar refractivity (Wildman–Crippen MR) is 282 cm³/mol. The van der Waals surface area contributed by atoms with Crippen LogP contribution in [-0.2, 0) is 16.2 Å². The maximum Gasteiger partial charge on any atom is 0.375 e. The van der Waals surface area contributed by atoms with Gasteiger partial charge in [-0.3, -0.25) is 0 Å². The van der Waals surface area contributed by atoms with Crippen LogP contribution in [0.3, 0.4) is 0 Å². The topological polar surface area (TPSA) is 19.6 Å². The van der Waals surface area contributed by atoms with Crippen molar-refractivity contribution < 1.29 is 4.42 Å². The summed E-state index contributed by atoms with van der Waals surface area (Å²) in [4.78, 5) is 5.34. The van der Waals surface area contributed by atoms with Crippen molar-refractivity contribution in [1.82, 2.24) is 0 Å². The van der Waals surface area contributed by atoms with E-state index in [0.29, 0.717) is 0 Å². The number of nitrogens with zero attached hydrogens (tertiary/aromatic N) is 2. The van der Waals surface area contributed by atoms with Crippen LogP contribution in [0, 0.1) is 0 Å². The predicted octanol–water partition coefficient (Wildman–Crippen LogP) is 15.1. The monoisotopic (exact) mass is 870 g/mol. The number of para-hydroxylation sites is 3. The second-order valence-corrected chi connectivity index (χ2v) is 21.1. The second kappa shape index (κ2) is 13.0. The molecule has 1 spiro atoms. The molecule has 3 aliphatic heterocycles. The van der Waals surface area contributed by atoms with Crippen LogP contribution in [0.25, 0.3) is 55.5 Å². The fourth-order valence-corrected chi connectivity index (χ4v) is 13.6. The summed E-state index contributed by atoms with van der Waals surface area (Å²) in [5, 5.41) is 1.11. The number of benzene rings is 9. The molecule has 0 saturated heterocycles. The Labute approximate surface area is 398 Å². The van der Waals surface area contributed by atoms with Crippen molar-refractivity contribution in [2.24, 2.45) is 0 Å². The summed E-state index contributed by atoms with van der Waals surface area (Å²) in [7, 11) is 0. The third-order valence-corrected chi connectivity index (χ3v) is 16.4. The van der Waals surface area contributed by atoms with Crippen molar-refractivity contribution in [1.29, 1.82) is 0 Å². The molecule has 15 rings (SSSR count). The van der Waals surface area contributed by atoms with Crippen LogP contribution >= 0.6 is 0 Å². The van der Waals surface area contributed by atoms with Gasteiger partial charge in [-0.1, -0.05) is 192 Å². The smallest absolute Gasteiger partial charge is 0.375 e. The number of hydrogen-bond acceptors (Lipinski definition) is 3. The fraction of sp³-hybridized carbons (Fsp3) is 0.125. The Morgan fingerprint density at radius 2 is 1.06 bits per heavy atom. The lowest BCUT2D eigenvalue weighted by Crippen LogP contribution is -2.63. The highest BCUT2D eigenvalue weighted by molar-refractivity contribution is 6.93. The minimum atomic E-state index is -0.534. The first-order chi connectivity index (χ1) is 33.2. The Hall–Kier alpha value is -7.82. The molecule has 0 N–H and O–H groups in total. The first-order valence-corrected chi connectivity index (χ1v) is 24.2. The molecular formula is C64H47BN2O. The Morgan fingerprint density at radius 3 is 1.79 bits per heavy atom. The summed E-state index contributed by atoms with van der Waals surface area (Å²) >= 11 is 0. The maximum atomic E-state index is 7.52. The van der Waals surface area contributed by atoms with Crippen molar-refractivity contribution in [3.8, 4) is 44.5 Å². The van der Waals surface area contributed by atoms with Gasteiger partial charge in [0.05, 0.1) is 16.8 Å². The summed E-state index contributed by atoms with van der Waals surface area (Å²) < 4.78 is 7.52. The molecule has 2 aliphatic carbocycles. The third kappa shape index (κ3) is 4.56. The van der Waals surface area contributed by atoms with Crippen molar-refractivity contribution in [2.45, 2.75) is 50.9 Å². The van der Waals surface area contributed by atoms with E-state index in [-0.39, 0.29) is 17.7 Å². The molecule has 3 nitrogen and oxygen atoms in total. The number of rotatable bonds is 2. The van der Waals surface area contributed by atoms with Gasteiger partial charge >= 0.3 is 6.85 Å². The van der Waals surface area contributed by atoms with Crippen LogP contribution in [0.1, 0.15) is 73.6 Å². The van der Waals surface area contributed by atoms with Gasteiger partial charge in [-0.05, 0) is 120 Å². The number of anilines is 5. The van der Waals surface area contributed by atoms with Crippen LogP contribution in [0.15, 0.2) is 199 Å². The molecule has 0 fully saturated rings. The SMILES string of the molecule is CC(C)(C)c1ccc(N2c3c4c(cc5c3C(C)(C)c3ccccc3-5)-c3cccc5c3N(B4c3oc4ccccc4c32)c2ccccc2C52c3ccccc3-c3ccccc32)c(-c2ccccc2)c1. The second-order valence-electron chi connectivity index (χ2n) is 21.1. The zero-order valence-corrected chi connectivity index (χ0v) is 38.9. The number of hydrogen-bond donors (Lipinski definition) is 0. The molecule has 0 atom stereocenters. The lowest BCUT2D eigenvalue weighted by molar-refractivity contribution is 0.590. The van der Waals surface area contributed by atoms with Gasteiger partial charge in [-0.2, -0.15) is 0 Å². The summed E-state index contributed by atoms with van der Waals surface area (Å²) in [6.45, 7) is 11.6. The summed E-state index contributed by atoms with van der Waals surface area (Å²) in [5.74, 6) is 0. The molecule has 10 aromatic rings. The molecule has 4 heteroatoms. The molecule has 0 amide bonds. The molecule has 4 heterocycles. The number of fused-ring (bicyclic) bond motifs is 19. The van der Waals surface area contributed by atoms with Crippen LogP contribution in [-0.4, -0.2) is 6.85 Å². The summed E-state index contributed by atoms with van der Waals surface area (Å²) in [6.07, 6.45) is 0. The highest BCUT2D eigenvalue weighted by Crippen LogP contribution is 2.66. The zero-order chi connectivity index (χ0) is 45.4. The first kappa shape index (κ1) is 38.3. The molecular weight excluding hydrogens is 824 g/mol. The minimum absolute atomic E-state index is 0.0554. The van der Waals surface area contributed by atoms with Gasteiger partial charge in [0, 0.05) is 39.0 Å². The highest BCUT2D eigenvalue weighted by atomic mass is 16.3. The molecule has 0 saturated carbocycles. The minimum Gasteiger partial charge on any atom is -0.466 e. The van der Waals surface area contributed by atoms with Crippen molar-refractivity contribution in [2.75, 3.05) is 9.71 Å². The standard InChI is InChI=1S/C64H47BN2O/c1-62(2,3)39-34-35-53(45(36-39)38-20-7-6-8-21-38)66-59-44-25-12-18-33-55(44)68-61(59)65-57-47(37-46-42-24-9-13-27-48(42)63(4,5)56(46)60(57)66)43-26-19-31-52-58(43)67(65)54-32-17-16-30-51(54)64(52)49-28-14-10-22-40(49)41-23-11-15-29-50(41)64/h6-37H,1-5H3. The molecule has 1 aromatic heterocycles. The molecule has 5 aliphatic rings. The Bertz CT molecular complexity index is 3800. The normalized spacial score (nSPS) is 15.6. The van der Waals surface area contributed by atoms with Crippen LogP contribution in [0.2, 0.25) is 0 Å². The van der Waals surface area contributed by atoms with Gasteiger partial charge in [0.15, 0.2) is 0 Å². The fourth-order valence-electron chi connectivity index (χ4n) is 13.6. The lowest BCUT2D eigenvalue weighted by Gasteiger charge is -2.52. The Balaban J connectivity index is 1.14. The quantitative estimate of drug-likeness (QED) is 0.161. The van der Waals surface area contributed by atoms with E-state index in [1.54, 1.807) is 0 Å². The average Bonchev–Trinajstić information content (AvgIpc) is 3.97. The van der Waals surface area contributed by atoms with Gasteiger partial charge < -0.3 is 14.1 Å². The molecule has 322 valence electrons. The van der Waals surface area contributed by atoms with Crippen molar-refractivity contribution in [3.05, 3.63) is 233 Å². The van der Waals surface area contributed by atoms with Gasteiger partial charge in [0.2, 0.25) is 0 Å². The molecule has 9 aromatic carbocycles. The lowest BCUT2D eigenvalue weighted by atomic mass is 9.43. The first-order valence-electron chi connectivity index (χ1n) is 24.2. The van der Waals surface area contributed by atoms with Crippen LogP contribution in [0.4, 0.5) is 28.4 Å². The molecule has 0 bridgehead atoms. The van der Waals surface area contributed by atoms with Crippen molar-refractivity contribution >= 4 is 57.4 Å². The van der Waals surface area contributed by atoms with E-state index >= 15 is 0 Å². The summed E-state index contributed by atoms with van der Waals surface area (Å²) in [5.41, 5.74) is 27.7. The average molecular weight is 871 g/mol. The largest absolute Gasteiger partial charge is 0.466 e. The van der Waals surface area contributed by atoms with E-state index < -0.39 is 5.41 Å². The Morgan fingerprint density at radius 1 is 0.456 bits per heavy atom. The maximum absolute atomic E-state index is 7.52. The number of furan rings is 1. The van der Waals surface area contributed by atoms with Gasteiger partial charge in [-0.15, -0.1) is 0 Å². The van der Waals surface area contributed by atoms with Crippen LogP contribution < -0.4 is 20.8 Å².